The number of rotatable bonds is 7. The summed E-state index contributed by atoms with van der Waals surface area (Å²) >= 11 is 0. The van der Waals surface area contributed by atoms with Gasteiger partial charge in [0.05, 0.1) is 0 Å². The number of hydrogen-bond acceptors (Lipinski definition) is 5. The molecule has 3 heterocycles. The van der Waals surface area contributed by atoms with Crippen molar-refractivity contribution in [2.75, 3.05) is 45.8 Å². The molecule has 3 aliphatic heterocycles. The minimum Gasteiger partial charge on any atom is -0.387 e. The molecule has 3 amide bonds. The number of carbonyl (C=O) groups is 2. The monoisotopic (exact) mass is 351 g/mol. The zero-order chi connectivity index (χ0) is 17.7. The zero-order valence-corrected chi connectivity index (χ0v) is 15.1. The molecule has 0 unspecified atom stereocenters. The van der Waals surface area contributed by atoms with Crippen molar-refractivity contribution in [1.29, 1.82) is 0 Å². The zero-order valence-electron chi connectivity index (χ0n) is 15.1. The van der Waals surface area contributed by atoms with Gasteiger partial charge in [0.2, 0.25) is 0 Å². The summed E-state index contributed by atoms with van der Waals surface area (Å²) < 4.78 is 0. The minimum atomic E-state index is -0.326. The Kier molecular flexibility index (Phi) is 5.78. The van der Waals surface area contributed by atoms with Gasteiger partial charge < -0.3 is 20.4 Å². The number of urea groups is 1. The number of nitrogens with zero attached hydrogens (tertiary/aromatic N) is 3. The average Bonchev–Trinajstić information content (AvgIpc) is 3.20. The fourth-order valence-corrected chi connectivity index (χ4v) is 3.76. The minimum absolute atomic E-state index is 0.0656. The summed E-state index contributed by atoms with van der Waals surface area (Å²) in [6.07, 6.45) is 4.98. The molecule has 2 N–H and O–H groups in total. The molecule has 0 bridgehead atoms. The van der Waals surface area contributed by atoms with Crippen molar-refractivity contribution in [2.24, 2.45) is 5.16 Å². The van der Waals surface area contributed by atoms with E-state index in [1.807, 2.05) is 0 Å². The smallest absolute Gasteiger partial charge is 0.317 e. The largest absolute Gasteiger partial charge is 0.387 e. The van der Waals surface area contributed by atoms with E-state index >= 15 is 0 Å². The van der Waals surface area contributed by atoms with Gasteiger partial charge in [0, 0.05) is 39.1 Å². The Bertz CT molecular complexity index is 538. The highest BCUT2D eigenvalue weighted by Crippen LogP contribution is 2.33. The van der Waals surface area contributed by atoms with Crippen molar-refractivity contribution in [3.05, 3.63) is 0 Å². The average molecular weight is 351 g/mol. The van der Waals surface area contributed by atoms with E-state index < -0.39 is 0 Å². The SMILES string of the molecule is CCCCN1CCC[C@@]2(CC(C(=O)NCCN3CCNC3=O)=NO2)C1. The lowest BCUT2D eigenvalue weighted by Crippen LogP contribution is -2.49. The van der Waals surface area contributed by atoms with Crippen LogP contribution in [0.5, 0.6) is 0 Å². The molecule has 0 aromatic rings. The van der Waals surface area contributed by atoms with Gasteiger partial charge in [-0.3, -0.25) is 9.69 Å². The van der Waals surface area contributed by atoms with Crippen LogP contribution in [0.25, 0.3) is 0 Å². The van der Waals surface area contributed by atoms with E-state index in [2.05, 4.69) is 27.6 Å². The molecule has 140 valence electrons. The fourth-order valence-electron chi connectivity index (χ4n) is 3.76. The first-order valence-corrected chi connectivity index (χ1v) is 9.40. The Morgan fingerprint density at radius 2 is 2.28 bits per heavy atom. The van der Waals surface area contributed by atoms with Gasteiger partial charge in [-0.15, -0.1) is 0 Å². The Labute approximate surface area is 148 Å². The van der Waals surface area contributed by atoms with Crippen molar-refractivity contribution in [2.45, 2.75) is 44.6 Å². The lowest BCUT2D eigenvalue weighted by Gasteiger charge is -2.38. The molecule has 1 atom stereocenters. The quantitative estimate of drug-likeness (QED) is 0.701. The van der Waals surface area contributed by atoms with Gasteiger partial charge in [0.1, 0.15) is 5.71 Å². The van der Waals surface area contributed by atoms with Crippen LogP contribution in [0, 0.1) is 0 Å². The van der Waals surface area contributed by atoms with Crippen molar-refractivity contribution in [3.8, 4) is 0 Å². The highest BCUT2D eigenvalue weighted by atomic mass is 16.7. The van der Waals surface area contributed by atoms with Crippen LogP contribution in [-0.2, 0) is 9.63 Å². The molecule has 1 spiro atoms. The third kappa shape index (κ3) is 4.42. The number of amides is 3. The van der Waals surface area contributed by atoms with Crippen molar-refractivity contribution in [3.63, 3.8) is 0 Å². The van der Waals surface area contributed by atoms with E-state index in [1.165, 1.54) is 12.8 Å². The van der Waals surface area contributed by atoms with Crippen LogP contribution >= 0.6 is 0 Å². The number of hydrogen-bond donors (Lipinski definition) is 2. The first kappa shape index (κ1) is 18.0. The Morgan fingerprint density at radius 1 is 1.40 bits per heavy atom. The first-order chi connectivity index (χ1) is 12.1. The number of carbonyl (C=O) groups excluding carboxylic acids is 2. The standard InChI is InChI=1S/C17H29N5O3/c1-2-3-8-21-9-4-5-17(13-21)12-14(20-25-17)15(23)18-6-10-22-11-7-19-16(22)24/h2-13H2,1H3,(H,18,23)(H,19,24)/t17-/m1/s1. The van der Waals surface area contributed by atoms with Gasteiger partial charge in [-0.05, 0) is 32.4 Å². The number of nitrogens with one attached hydrogen (secondary N) is 2. The molecule has 3 rings (SSSR count). The predicted molar refractivity (Wildman–Crippen MR) is 94.4 cm³/mol. The van der Waals surface area contributed by atoms with Crippen molar-refractivity contribution in [1.82, 2.24) is 20.4 Å². The maximum atomic E-state index is 12.3. The summed E-state index contributed by atoms with van der Waals surface area (Å²) in [5, 5.41) is 9.68. The highest BCUT2D eigenvalue weighted by Gasteiger charge is 2.44. The molecule has 0 radical (unpaired) electrons. The third-order valence-electron chi connectivity index (χ3n) is 5.16. The summed E-state index contributed by atoms with van der Waals surface area (Å²) in [4.78, 5) is 33.6. The highest BCUT2D eigenvalue weighted by molar-refractivity contribution is 6.39. The molecule has 3 aliphatic rings. The van der Waals surface area contributed by atoms with Crippen LogP contribution in [0.4, 0.5) is 4.79 Å². The lowest BCUT2D eigenvalue weighted by atomic mass is 9.88. The molecular weight excluding hydrogens is 322 g/mol. The van der Waals surface area contributed by atoms with E-state index in [-0.39, 0.29) is 17.5 Å². The summed E-state index contributed by atoms with van der Waals surface area (Å²) in [7, 11) is 0. The van der Waals surface area contributed by atoms with E-state index in [0.717, 1.165) is 32.5 Å². The Balaban J connectivity index is 1.43. The third-order valence-corrected chi connectivity index (χ3v) is 5.16. The van der Waals surface area contributed by atoms with Crippen molar-refractivity contribution >= 4 is 17.6 Å². The van der Waals surface area contributed by atoms with Gasteiger partial charge in [0.15, 0.2) is 5.60 Å². The molecule has 0 aliphatic carbocycles. The van der Waals surface area contributed by atoms with E-state index in [9.17, 15) is 9.59 Å². The van der Waals surface area contributed by atoms with E-state index in [0.29, 0.717) is 38.3 Å². The Hall–Kier alpha value is -1.83. The van der Waals surface area contributed by atoms with Crippen LogP contribution < -0.4 is 10.6 Å². The fraction of sp³-hybridized carbons (Fsp3) is 0.824. The summed E-state index contributed by atoms with van der Waals surface area (Å²) in [6, 6.07) is -0.0656. The first-order valence-electron chi connectivity index (χ1n) is 9.40. The second-order valence-electron chi connectivity index (χ2n) is 7.20. The van der Waals surface area contributed by atoms with Crippen LogP contribution in [-0.4, -0.2) is 78.9 Å². The number of unbranched alkanes of at least 4 members (excludes halogenated alkanes) is 1. The maximum absolute atomic E-state index is 12.3. The summed E-state index contributed by atoms with van der Waals surface area (Å²) in [6.45, 7) is 7.54. The van der Waals surface area contributed by atoms with Gasteiger partial charge in [-0.2, -0.15) is 0 Å². The summed E-state index contributed by atoms with van der Waals surface area (Å²) in [5.41, 5.74) is 0.149. The normalized spacial score (nSPS) is 26.5. The van der Waals surface area contributed by atoms with E-state index in [4.69, 9.17) is 4.84 Å². The number of piperidine rings is 1. The molecule has 0 aromatic heterocycles. The van der Waals surface area contributed by atoms with Crippen LogP contribution in [0.15, 0.2) is 5.16 Å². The van der Waals surface area contributed by atoms with Crippen LogP contribution in [0.3, 0.4) is 0 Å². The molecule has 0 saturated carbocycles. The summed E-state index contributed by atoms with van der Waals surface area (Å²) in [5.74, 6) is -0.179. The topological polar surface area (TPSA) is 86.3 Å². The number of oxime groups is 1. The molecule has 2 saturated heterocycles. The molecule has 25 heavy (non-hydrogen) atoms. The second-order valence-corrected chi connectivity index (χ2v) is 7.20. The molecule has 2 fully saturated rings. The van der Waals surface area contributed by atoms with Crippen molar-refractivity contribution < 1.29 is 14.4 Å². The van der Waals surface area contributed by atoms with Crippen LogP contribution in [0.2, 0.25) is 0 Å². The van der Waals surface area contributed by atoms with Gasteiger partial charge in [-0.25, -0.2) is 4.79 Å². The Morgan fingerprint density at radius 3 is 3.04 bits per heavy atom. The molecule has 8 heteroatoms. The second kappa shape index (κ2) is 8.03. The van der Waals surface area contributed by atoms with Gasteiger partial charge in [-0.1, -0.05) is 18.5 Å². The van der Waals surface area contributed by atoms with E-state index in [1.54, 1.807) is 4.90 Å². The maximum Gasteiger partial charge on any atom is 0.317 e. The molecule has 0 aromatic carbocycles. The van der Waals surface area contributed by atoms with Gasteiger partial charge in [0.25, 0.3) is 5.91 Å². The lowest BCUT2D eigenvalue weighted by molar-refractivity contribution is -0.114. The predicted octanol–water partition coefficient (Wildman–Crippen LogP) is 0.539. The van der Waals surface area contributed by atoms with Gasteiger partial charge >= 0.3 is 6.03 Å². The van der Waals surface area contributed by atoms with Crippen LogP contribution in [0.1, 0.15) is 39.0 Å². The molecule has 8 nitrogen and oxygen atoms in total. The molecular formula is C17H29N5O3. The number of likely N-dealkylation sites (tertiary alicyclic amines) is 1.